The molecule has 3 aliphatic rings. The molecule has 1 aromatic carbocycles. The van der Waals surface area contributed by atoms with E-state index in [1.165, 1.54) is 0 Å². The van der Waals surface area contributed by atoms with E-state index in [-0.39, 0.29) is 35.8 Å². The number of hydrogen-bond acceptors (Lipinski definition) is 5. The van der Waals surface area contributed by atoms with Gasteiger partial charge in [-0.3, -0.25) is 9.79 Å². The van der Waals surface area contributed by atoms with Gasteiger partial charge in [-0.05, 0) is 44.1 Å². The molecule has 2 aliphatic heterocycles. The SMILES string of the molecule is CC1=C(C(=O)OC[C@@H]2CCCO2)[C@@H](c2ccc(C)cc2)C2C(=O)CC(C)(C)CC2=N1. The van der Waals surface area contributed by atoms with Crippen LogP contribution in [0.15, 0.2) is 40.5 Å². The Morgan fingerprint density at radius 1 is 1.17 bits per heavy atom. The lowest BCUT2D eigenvalue weighted by molar-refractivity contribution is -0.142. The Hall–Kier alpha value is -2.27. The van der Waals surface area contributed by atoms with Crippen LogP contribution in [0.2, 0.25) is 0 Å². The van der Waals surface area contributed by atoms with Crippen LogP contribution in [0.25, 0.3) is 0 Å². The fourth-order valence-corrected chi connectivity index (χ4v) is 5.01. The first kappa shape index (κ1) is 21.0. The van der Waals surface area contributed by atoms with Crippen LogP contribution >= 0.6 is 0 Å². The predicted octanol–water partition coefficient (Wildman–Crippen LogP) is 4.53. The minimum Gasteiger partial charge on any atom is -0.460 e. The molecule has 0 amide bonds. The Labute approximate surface area is 178 Å². The average molecular weight is 410 g/mol. The Kier molecular flexibility index (Phi) is 5.67. The number of ketones is 1. The van der Waals surface area contributed by atoms with E-state index in [9.17, 15) is 9.59 Å². The number of nitrogens with zero attached hydrogens (tertiary/aromatic N) is 1. The van der Waals surface area contributed by atoms with E-state index >= 15 is 0 Å². The number of Topliss-reactive ketones (excluding diaryl/α,β-unsaturated/α-hetero) is 1. The lowest BCUT2D eigenvalue weighted by Gasteiger charge is -2.41. The highest BCUT2D eigenvalue weighted by atomic mass is 16.6. The van der Waals surface area contributed by atoms with Crippen molar-refractivity contribution < 1.29 is 19.1 Å². The van der Waals surface area contributed by atoms with Crippen molar-refractivity contribution in [1.29, 1.82) is 0 Å². The summed E-state index contributed by atoms with van der Waals surface area (Å²) in [6.45, 7) is 9.07. The Morgan fingerprint density at radius 3 is 2.57 bits per heavy atom. The van der Waals surface area contributed by atoms with Crippen LogP contribution in [0.4, 0.5) is 0 Å². The molecule has 0 bridgehead atoms. The highest BCUT2D eigenvalue weighted by molar-refractivity contribution is 6.12. The van der Waals surface area contributed by atoms with Gasteiger partial charge in [0.05, 0.1) is 17.6 Å². The van der Waals surface area contributed by atoms with Crippen LogP contribution in [0.5, 0.6) is 0 Å². The lowest BCUT2D eigenvalue weighted by Crippen LogP contribution is -2.44. The monoisotopic (exact) mass is 409 g/mol. The number of carbonyl (C=O) groups excluding carboxylic acids is 2. The van der Waals surface area contributed by atoms with Crippen molar-refractivity contribution in [3.63, 3.8) is 0 Å². The zero-order chi connectivity index (χ0) is 21.5. The Balaban J connectivity index is 1.71. The van der Waals surface area contributed by atoms with Crippen molar-refractivity contribution in [2.24, 2.45) is 16.3 Å². The summed E-state index contributed by atoms with van der Waals surface area (Å²) >= 11 is 0. The van der Waals surface area contributed by atoms with E-state index in [4.69, 9.17) is 14.5 Å². The van der Waals surface area contributed by atoms with Gasteiger partial charge in [0.2, 0.25) is 0 Å². The van der Waals surface area contributed by atoms with Crippen LogP contribution in [-0.4, -0.2) is 36.8 Å². The highest BCUT2D eigenvalue weighted by Gasteiger charge is 2.47. The molecule has 30 heavy (non-hydrogen) atoms. The predicted molar refractivity (Wildman–Crippen MR) is 116 cm³/mol. The Bertz CT molecular complexity index is 904. The van der Waals surface area contributed by atoms with Gasteiger partial charge in [0.25, 0.3) is 0 Å². The van der Waals surface area contributed by atoms with Gasteiger partial charge in [-0.15, -0.1) is 0 Å². The zero-order valence-corrected chi connectivity index (χ0v) is 18.4. The summed E-state index contributed by atoms with van der Waals surface area (Å²) in [5, 5.41) is 0. The average Bonchev–Trinajstić information content (AvgIpc) is 3.18. The lowest BCUT2D eigenvalue weighted by atomic mass is 9.63. The van der Waals surface area contributed by atoms with Gasteiger partial charge in [-0.25, -0.2) is 4.79 Å². The molecule has 2 heterocycles. The maximum absolute atomic E-state index is 13.3. The molecule has 1 aliphatic carbocycles. The minimum absolute atomic E-state index is 0.0348. The third-order valence-electron chi connectivity index (χ3n) is 6.44. The highest BCUT2D eigenvalue weighted by Crippen LogP contribution is 2.47. The topological polar surface area (TPSA) is 65.0 Å². The summed E-state index contributed by atoms with van der Waals surface area (Å²) in [4.78, 5) is 31.2. The van der Waals surface area contributed by atoms with Crippen LogP contribution in [0, 0.1) is 18.3 Å². The molecule has 0 N–H and O–H groups in total. The molecule has 5 heteroatoms. The van der Waals surface area contributed by atoms with Crippen LogP contribution < -0.4 is 0 Å². The summed E-state index contributed by atoms with van der Waals surface area (Å²) in [5.41, 5.74) is 4.07. The minimum atomic E-state index is -0.394. The standard InChI is InChI=1S/C25H31NO4/c1-15-7-9-17(10-8-15)22-21(24(28)30-14-18-6-5-11-29-18)16(2)26-19-12-25(3,4)13-20(27)23(19)22/h7-10,18,22-23H,5-6,11-14H2,1-4H3/t18-,22+,23?/m0/s1. The number of benzene rings is 1. The molecule has 4 rings (SSSR count). The van der Waals surface area contributed by atoms with Gasteiger partial charge in [-0.2, -0.15) is 0 Å². The van der Waals surface area contributed by atoms with Crippen LogP contribution in [-0.2, 0) is 19.1 Å². The number of fused-ring (bicyclic) bond motifs is 1. The summed E-state index contributed by atoms with van der Waals surface area (Å²) in [6, 6.07) is 8.11. The van der Waals surface area contributed by atoms with E-state index in [1.807, 2.05) is 38.1 Å². The molecule has 1 aromatic rings. The molecule has 160 valence electrons. The first-order valence-electron chi connectivity index (χ1n) is 10.9. The number of hydrogen-bond donors (Lipinski definition) is 0. The van der Waals surface area contributed by atoms with Gasteiger partial charge >= 0.3 is 5.97 Å². The molecule has 1 saturated carbocycles. The summed E-state index contributed by atoms with van der Waals surface area (Å²) in [5.74, 6) is -0.963. The maximum Gasteiger partial charge on any atom is 0.336 e. The Morgan fingerprint density at radius 2 is 1.90 bits per heavy atom. The quantitative estimate of drug-likeness (QED) is 0.685. The number of allylic oxidation sites excluding steroid dienone is 1. The zero-order valence-electron chi connectivity index (χ0n) is 18.4. The fourth-order valence-electron chi connectivity index (χ4n) is 5.01. The molecule has 3 atom stereocenters. The van der Waals surface area contributed by atoms with Gasteiger partial charge in [0.1, 0.15) is 12.4 Å². The largest absolute Gasteiger partial charge is 0.460 e. The first-order chi connectivity index (χ1) is 14.2. The summed E-state index contributed by atoms with van der Waals surface area (Å²) in [7, 11) is 0. The smallest absolute Gasteiger partial charge is 0.336 e. The van der Waals surface area contributed by atoms with Gasteiger partial charge in [0.15, 0.2) is 0 Å². The van der Waals surface area contributed by atoms with Crippen molar-refractivity contribution in [3.8, 4) is 0 Å². The molecule has 1 unspecified atom stereocenters. The number of aliphatic imine (C=N–C) groups is 1. The van der Waals surface area contributed by atoms with Crippen molar-refractivity contribution in [3.05, 3.63) is 46.7 Å². The van der Waals surface area contributed by atoms with Crippen molar-refractivity contribution >= 4 is 17.5 Å². The number of esters is 1. The third-order valence-corrected chi connectivity index (χ3v) is 6.44. The van der Waals surface area contributed by atoms with Gasteiger partial charge in [0, 0.05) is 30.4 Å². The number of ether oxygens (including phenoxy) is 2. The van der Waals surface area contributed by atoms with E-state index in [2.05, 4.69) is 13.8 Å². The van der Waals surface area contributed by atoms with Crippen LogP contribution in [0.1, 0.15) is 63.5 Å². The van der Waals surface area contributed by atoms with E-state index < -0.39 is 5.92 Å². The molecule has 0 aromatic heterocycles. The van der Waals surface area contributed by atoms with Crippen molar-refractivity contribution in [2.45, 2.75) is 65.4 Å². The molecular weight excluding hydrogens is 378 g/mol. The van der Waals surface area contributed by atoms with E-state index in [0.29, 0.717) is 17.7 Å². The van der Waals surface area contributed by atoms with Crippen LogP contribution in [0.3, 0.4) is 0 Å². The summed E-state index contributed by atoms with van der Waals surface area (Å²) < 4.78 is 11.3. The number of rotatable bonds is 4. The molecular formula is C25H31NO4. The second-order valence-corrected chi connectivity index (χ2v) is 9.69. The normalized spacial score (nSPS) is 28.2. The third kappa shape index (κ3) is 4.13. The number of aryl methyl sites for hydroxylation is 1. The van der Waals surface area contributed by atoms with Crippen molar-refractivity contribution in [2.75, 3.05) is 13.2 Å². The molecule has 1 saturated heterocycles. The van der Waals surface area contributed by atoms with Gasteiger partial charge in [-0.1, -0.05) is 43.7 Å². The second-order valence-electron chi connectivity index (χ2n) is 9.69. The fraction of sp³-hybridized carbons (Fsp3) is 0.560. The molecule has 0 radical (unpaired) electrons. The number of carbonyl (C=O) groups is 2. The molecule has 2 fully saturated rings. The molecule has 5 nitrogen and oxygen atoms in total. The van der Waals surface area contributed by atoms with Gasteiger partial charge < -0.3 is 9.47 Å². The second kappa shape index (κ2) is 8.10. The maximum atomic E-state index is 13.3. The first-order valence-corrected chi connectivity index (χ1v) is 10.9. The molecule has 0 spiro atoms. The van der Waals surface area contributed by atoms with E-state index in [1.54, 1.807) is 0 Å². The van der Waals surface area contributed by atoms with E-state index in [0.717, 1.165) is 42.7 Å². The summed E-state index contributed by atoms with van der Waals surface area (Å²) in [6.07, 6.45) is 3.13. The van der Waals surface area contributed by atoms with Crippen molar-refractivity contribution in [1.82, 2.24) is 0 Å².